The van der Waals surface area contributed by atoms with E-state index in [1.54, 1.807) is 0 Å². The lowest BCUT2D eigenvalue weighted by Gasteiger charge is -2.03. The van der Waals surface area contributed by atoms with Gasteiger partial charge in [-0.15, -0.1) is 0 Å². The maximum absolute atomic E-state index is 5.37. The molecule has 0 aromatic carbocycles. The van der Waals surface area contributed by atoms with Crippen molar-refractivity contribution in [3.63, 3.8) is 0 Å². The summed E-state index contributed by atoms with van der Waals surface area (Å²) in [7, 11) is 0. The SMILES string of the molecule is CCNc1nc(N)nc(NN)n1. The van der Waals surface area contributed by atoms with Gasteiger partial charge < -0.3 is 11.1 Å². The topological polar surface area (TPSA) is 115 Å². The number of nitrogen functional groups attached to an aromatic ring is 2. The zero-order valence-electron chi connectivity index (χ0n) is 6.70. The summed E-state index contributed by atoms with van der Waals surface area (Å²) in [5.41, 5.74) is 7.65. The summed E-state index contributed by atoms with van der Waals surface area (Å²) in [5.74, 6) is 5.89. The van der Waals surface area contributed by atoms with Crippen LogP contribution < -0.4 is 22.3 Å². The predicted octanol–water partition coefficient (Wildman–Crippen LogP) is -0.829. The summed E-state index contributed by atoms with van der Waals surface area (Å²) in [4.78, 5) is 11.4. The summed E-state index contributed by atoms with van der Waals surface area (Å²) in [6, 6.07) is 0. The molecule has 1 aromatic rings. The Morgan fingerprint density at radius 2 is 1.92 bits per heavy atom. The maximum Gasteiger partial charge on any atom is 0.243 e. The molecule has 0 aliphatic rings. The standard InChI is InChI=1S/C5H11N7/c1-2-8-4-9-3(6)10-5(11-4)12-7/h2,7H2,1H3,(H4,6,8,9,10,11,12). The molecule has 0 saturated carbocycles. The second-order valence-electron chi connectivity index (χ2n) is 2.02. The molecular weight excluding hydrogens is 158 g/mol. The average molecular weight is 169 g/mol. The minimum atomic E-state index is 0.133. The molecule has 0 spiro atoms. The second kappa shape index (κ2) is 3.67. The molecule has 1 heterocycles. The molecule has 0 atom stereocenters. The minimum Gasteiger partial charge on any atom is -0.368 e. The number of nitrogens with two attached hydrogens (primary N) is 2. The fraction of sp³-hybridized carbons (Fsp3) is 0.400. The third-order valence-electron chi connectivity index (χ3n) is 1.12. The van der Waals surface area contributed by atoms with Crippen molar-refractivity contribution >= 4 is 17.8 Å². The Hall–Kier alpha value is -1.63. The summed E-state index contributed by atoms with van der Waals surface area (Å²) < 4.78 is 0. The number of hydrogen-bond donors (Lipinski definition) is 4. The van der Waals surface area contributed by atoms with Crippen LogP contribution in [0.25, 0.3) is 0 Å². The molecule has 0 aliphatic carbocycles. The average Bonchev–Trinajstić information content (AvgIpc) is 2.04. The first kappa shape index (κ1) is 8.47. The molecule has 0 radical (unpaired) electrons. The number of hydrogen-bond acceptors (Lipinski definition) is 7. The van der Waals surface area contributed by atoms with E-state index in [4.69, 9.17) is 11.6 Å². The van der Waals surface area contributed by atoms with Crippen LogP contribution >= 0.6 is 0 Å². The first-order valence-electron chi connectivity index (χ1n) is 3.48. The molecule has 1 rings (SSSR count). The normalized spacial score (nSPS) is 9.50. The molecule has 6 N–H and O–H groups in total. The third-order valence-corrected chi connectivity index (χ3v) is 1.12. The number of anilines is 3. The van der Waals surface area contributed by atoms with Gasteiger partial charge in [0.15, 0.2) is 0 Å². The Morgan fingerprint density at radius 3 is 2.50 bits per heavy atom. The van der Waals surface area contributed by atoms with Gasteiger partial charge in [-0.05, 0) is 6.92 Å². The van der Waals surface area contributed by atoms with Gasteiger partial charge in [-0.3, -0.25) is 5.43 Å². The van der Waals surface area contributed by atoms with Crippen molar-refractivity contribution in [1.29, 1.82) is 0 Å². The van der Waals surface area contributed by atoms with E-state index >= 15 is 0 Å². The Kier molecular flexibility index (Phi) is 2.59. The fourth-order valence-corrected chi connectivity index (χ4v) is 0.694. The third kappa shape index (κ3) is 1.92. The maximum atomic E-state index is 5.37. The van der Waals surface area contributed by atoms with Crippen molar-refractivity contribution in [1.82, 2.24) is 15.0 Å². The van der Waals surface area contributed by atoms with E-state index in [0.717, 1.165) is 0 Å². The number of nitrogens with one attached hydrogen (secondary N) is 2. The second-order valence-corrected chi connectivity index (χ2v) is 2.02. The number of aromatic nitrogens is 3. The van der Waals surface area contributed by atoms with Gasteiger partial charge in [0.05, 0.1) is 0 Å². The summed E-state index contributed by atoms with van der Waals surface area (Å²) in [6.07, 6.45) is 0. The highest BCUT2D eigenvalue weighted by Crippen LogP contribution is 2.04. The van der Waals surface area contributed by atoms with Gasteiger partial charge in [0.25, 0.3) is 0 Å². The van der Waals surface area contributed by atoms with Gasteiger partial charge >= 0.3 is 0 Å². The van der Waals surface area contributed by atoms with Crippen molar-refractivity contribution in [2.24, 2.45) is 5.84 Å². The molecule has 0 amide bonds. The molecule has 0 bridgehead atoms. The zero-order chi connectivity index (χ0) is 8.97. The van der Waals surface area contributed by atoms with Crippen molar-refractivity contribution in [2.45, 2.75) is 6.92 Å². The highest BCUT2D eigenvalue weighted by molar-refractivity contribution is 5.38. The van der Waals surface area contributed by atoms with Gasteiger partial charge in [-0.25, -0.2) is 5.84 Å². The van der Waals surface area contributed by atoms with Crippen LogP contribution in [0.1, 0.15) is 6.92 Å². The van der Waals surface area contributed by atoms with E-state index in [-0.39, 0.29) is 11.9 Å². The molecule has 0 saturated heterocycles. The Morgan fingerprint density at radius 1 is 1.25 bits per heavy atom. The molecule has 0 unspecified atom stereocenters. The Labute approximate surface area is 69.6 Å². The van der Waals surface area contributed by atoms with Gasteiger partial charge in [0.1, 0.15) is 0 Å². The van der Waals surface area contributed by atoms with Crippen molar-refractivity contribution in [3.05, 3.63) is 0 Å². The molecule has 1 aromatic heterocycles. The molecular formula is C5H11N7. The lowest BCUT2D eigenvalue weighted by Crippen LogP contribution is -2.14. The minimum absolute atomic E-state index is 0.133. The molecule has 66 valence electrons. The van der Waals surface area contributed by atoms with Crippen molar-refractivity contribution < 1.29 is 0 Å². The van der Waals surface area contributed by atoms with Crippen molar-refractivity contribution in [3.8, 4) is 0 Å². The highest BCUT2D eigenvalue weighted by atomic mass is 15.3. The first-order chi connectivity index (χ1) is 5.76. The van der Waals surface area contributed by atoms with E-state index in [2.05, 4.69) is 25.7 Å². The van der Waals surface area contributed by atoms with Crippen LogP contribution in [-0.2, 0) is 0 Å². The van der Waals surface area contributed by atoms with E-state index in [0.29, 0.717) is 12.5 Å². The predicted molar refractivity (Wildman–Crippen MR) is 46.2 cm³/mol. The van der Waals surface area contributed by atoms with Crippen LogP contribution in [0, 0.1) is 0 Å². The fourth-order valence-electron chi connectivity index (χ4n) is 0.694. The molecule has 0 aliphatic heterocycles. The van der Waals surface area contributed by atoms with Gasteiger partial charge in [0.2, 0.25) is 17.8 Å². The number of hydrazine groups is 1. The van der Waals surface area contributed by atoms with Crippen molar-refractivity contribution in [2.75, 3.05) is 23.0 Å². The quantitative estimate of drug-likeness (QED) is 0.345. The van der Waals surface area contributed by atoms with Gasteiger partial charge in [-0.2, -0.15) is 15.0 Å². The largest absolute Gasteiger partial charge is 0.368 e. The summed E-state index contributed by atoms with van der Waals surface area (Å²) in [6.45, 7) is 2.64. The lowest BCUT2D eigenvalue weighted by atomic mass is 10.7. The van der Waals surface area contributed by atoms with Crippen LogP contribution in [0.4, 0.5) is 17.8 Å². The van der Waals surface area contributed by atoms with Gasteiger partial charge in [0, 0.05) is 6.54 Å². The zero-order valence-corrected chi connectivity index (χ0v) is 6.70. The number of rotatable bonds is 3. The molecule has 0 fully saturated rings. The van der Waals surface area contributed by atoms with E-state index in [1.165, 1.54) is 0 Å². The Bertz CT molecular complexity index is 260. The van der Waals surface area contributed by atoms with E-state index < -0.39 is 0 Å². The van der Waals surface area contributed by atoms with Crippen LogP contribution in [-0.4, -0.2) is 21.5 Å². The monoisotopic (exact) mass is 169 g/mol. The van der Waals surface area contributed by atoms with E-state index in [1.807, 2.05) is 6.92 Å². The van der Waals surface area contributed by atoms with Gasteiger partial charge in [-0.1, -0.05) is 0 Å². The molecule has 7 heteroatoms. The molecule has 12 heavy (non-hydrogen) atoms. The highest BCUT2D eigenvalue weighted by Gasteiger charge is 2.00. The van der Waals surface area contributed by atoms with Crippen LogP contribution in [0.2, 0.25) is 0 Å². The first-order valence-corrected chi connectivity index (χ1v) is 3.48. The van der Waals surface area contributed by atoms with E-state index in [9.17, 15) is 0 Å². The Balaban J connectivity index is 2.90. The summed E-state index contributed by atoms with van der Waals surface area (Å²) in [5, 5.41) is 2.89. The number of nitrogens with zero attached hydrogens (tertiary/aromatic N) is 3. The smallest absolute Gasteiger partial charge is 0.243 e. The lowest BCUT2D eigenvalue weighted by molar-refractivity contribution is 1.02. The van der Waals surface area contributed by atoms with Crippen LogP contribution in [0.3, 0.4) is 0 Å². The summed E-state index contributed by atoms with van der Waals surface area (Å²) >= 11 is 0. The van der Waals surface area contributed by atoms with Crippen LogP contribution in [0.5, 0.6) is 0 Å². The van der Waals surface area contributed by atoms with Crippen LogP contribution in [0.15, 0.2) is 0 Å². The molecule has 7 nitrogen and oxygen atoms in total.